The first-order valence-electron chi connectivity index (χ1n) is 6.58. The van der Waals surface area contributed by atoms with Crippen molar-refractivity contribution in [3.63, 3.8) is 0 Å². The largest absolute Gasteiger partial charge is 0.349 e. The van der Waals surface area contributed by atoms with Crippen LogP contribution in [0.4, 0.5) is 5.69 Å². The molecule has 1 aromatic heterocycles. The molecule has 1 aromatic carbocycles. The molecule has 114 valence electrons. The predicted octanol–water partition coefficient (Wildman–Crippen LogP) is 2.63. The van der Waals surface area contributed by atoms with E-state index in [1.807, 2.05) is 30.7 Å². The van der Waals surface area contributed by atoms with E-state index in [0.717, 1.165) is 15.8 Å². The van der Waals surface area contributed by atoms with Gasteiger partial charge >= 0.3 is 0 Å². The number of benzene rings is 1. The minimum absolute atomic E-state index is 0.285. The number of sulfonamides is 1. The SMILES string of the molecule is CCn1cc(S(=O)(=O)Nc2ccc(I)cc2)cc1CNC. The molecule has 0 saturated carbocycles. The fourth-order valence-electron chi connectivity index (χ4n) is 2.03. The minimum Gasteiger partial charge on any atom is -0.349 e. The van der Waals surface area contributed by atoms with Crippen molar-refractivity contribution >= 4 is 38.3 Å². The lowest BCUT2D eigenvalue weighted by Gasteiger charge is -2.06. The summed E-state index contributed by atoms with van der Waals surface area (Å²) in [5.41, 5.74) is 1.51. The highest BCUT2D eigenvalue weighted by Gasteiger charge is 2.18. The molecule has 2 aromatic rings. The molecular formula is C14H18IN3O2S. The maximum absolute atomic E-state index is 12.4. The molecule has 21 heavy (non-hydrogen) atoms. The number of hydrogen-bond acceptors (Lipinski definition) is 3. The van der Waals surface area contributed by atoms with Gasteiger partial charge < -0.3 is 9.88 Å². The van der Waals surface area contributed by atoms with Crippen molar-refractivity contribution in [3.05, 3.63) is 45.8 Å². The molecule has 1 heterocycles. The van der Waals surface area contributed by atoms with Gasteiger partial charge in [-0.25, -0.2) is 8.42 Å². The van der Waals surface area contributed by atoms with E-state index in [1.54, 1.807) is 24.4 Å². The van der Waals surface area contributed by atoms with Crippen LogP contribution in [0.2, 0.25) is 0 Å². The Kier molecular flexibility index (Phi) is 5.28. The third-order valence-corrected chi connectivity index (χ3v) is 5.13. The first-order valence-corrected chi connectivity index (χ1v) is 9.14. The zero-order valence-corrected chi connectivity index (χ0v) is 14.9. The van der Waals surface area contributed by atoms with Crippen LogP contribution in [-0.4, -0.2) is 20.0 Å². The van der Waals surface area contributed by atoms with Crippen LogP contribution in [0, 0.1) is 3.57 Å². The molecule has 0 saturated heterocycles. The predicted molar refractivity (Wildman–Crippen MR) is 92.8 cm³/mol. The van der Waals surface area contributed by atoms with Gasteiger partial charge in [0.15, 0.2) is 0 Å². The summed E-state index contributed by atoms with van der Waals surface area (Å²) in [6.07, 6.45) is 1.67. The van der Waals surface area contributed by atoms with Crippen LogP contribution >= 0.6 is 22.6 Å². The molecular weight excluding hydrogens is 401 g/mol. The van der Waals surface area contributed by atoms with Crippen molar-refractivity contribution in [2.24, 2.45) is 0 Å². The normalized spacial score (nSPS) is 11.6. The lowest BCUT2D eigenvalue weighted by atomic mass is 10.3. The molecule has 0 amide bonds. The van der Waals surface area contributed by atoms with Gasteiger partial charge in [-0.2, -0.15) is 0 Å². The van der Waals surface area contributed by atoms with Crippen molar-refractivity contribution in [2.45, 2.75) is 24.9 Å². The van der Waals surface area contributed by atoms with Crippen LogP contribution in [0.1, 0.15) is 12.6 Å². The third-order valence-electron chi connectivity index (χ3n) is 3.07. The van der Waals surface area contributed by atoms with Crippen molar-refractivity contribution in [1.29, 1.82) is 0 Å². The Morgan fingerprint density at radius 2 is 1.90 bits per heavy atom. The second kappa shape index (κ2) is 6.80. The molecule has 0 aliphatic carbocycles. The summed E-state index contributed by atoms with van der Waals surface area (Å²) < 4.78 is 30.4. The molecule has 0 atom stereocenters. The quantitative estimate of drug-likeness (QED) is 0.708. The van der Waals surface area contributed by atoms with E-state index < -0.39 is 10.0 Å². The lowest BCUT2D eigenvalue weighted by molar-refractivity contribution is 0.600. The first-order chi connectivity index (χ1) is 9.96. The molecule has 0 radical (unpaired) electrons. The molecule has 2 N–H and O–H groups in total. The number of nitrogens with zero attached hydrogens (tertiary/aromatic N) is 1. The average molecular weight is 419 g/mol. The number of aryl methyl sites for hydroxylation is 1. The Bertz CT molecular complexity index is 708. The summed E-state index contributed by atoms with van der Waals surface area (Å²) in [5, 5.41) is 3.04. The molecule has 2 rings (SSSR count). The standard InChI is InChI=1S/C14H18IN3O2S/c1-3-18-10-14(8-13(18)9-16-2)21(19,20)17-12-6-4-11(15)5-7-12/h4-8,10,16-17H,3,9H2,1-2H3. The van der Waals surface area contributed by atoms with Crippen LogP contribution in [-0.2, 0) is 23.1 Å². The fourth-order valence-corrected chi connectivity index (χ4v) is 3.51. The highest BCUT2D eigenvalue weighted by atomic mass is 127. The van der Waals surface area contributed by atoms with Gasteiger partial charge in [-0.1, -0.05) is 0 Å². The Hall–Kier alpha value is -1.06. The zero-order valence-electron chi connectivity index (χ0n) is 11.9. The summed E-state index contributed by atoms with van der Waals surface area (Å²) in [4.78, 5) is 0.285. The number of anilines is 1. The van der Waals surface area contributed by atoms with E-state index in [2.05, 4.69) is 32.6 Å². The molecule has 0 spiro atoms. The lowest BCUT2D eigenvalue weighted by Crippen LogP contribution is -2.12. The van der Waals surface area contributed by atoms with E-state index in [9.17, 15) is 8.42 Å². The third kappa shape index (κ3) is 3.98. The second-order valence-electron chi connectivity index (χ2n) is 4.60. The molecule has 7 heteroatoms. The van der Waals surface area contributed by atoms with Crippen molar-refractivity contribution in [2.75, 3.05) is 11.8 Å². The number of rotatable bonds is 6. The minimum atomic E-state index is -3.56. The average Bonchev–Trinajstić information content (AvgIpc) is 2.86. The summed E-state index contributed by atoms with van der Waals surface area (Å²) in [5.74, 6) is 0. The number of halogens is 1. The molecule has 0 aliphatic rings. The van der Waals surface area contributed by atoms with Crippen molar-refractivity contribution < 1.29 is 8.42 Å². The summed E-state index contributed by atoms with van der Waals surface area (Å²) in [6, 6.07) is 8.94. The highest BCUT2D eigenvalue weighted by Crippen LogP contribution is 2.19. The van der Waals surface area contributed by atoms with Crippen molar-refractivity contribution in [1.82, 2.24) is 9.88 Å². The zero-order chi connectivity index (χ0) is 15.5. The van der Waals surface area contributed by atoms with Gasteiger partial charge in [-0.3, -0.25) is 4.72 Å². The van der Waals surface area contributed by atoms with Crippen LogP contribution in [0.3, 0.4) is 0 Å². The van der Waals surface area contributed by atoms with Gasteiger partial charge in [0, 0.05) is 34.2 Å². The molecule has 0 bridgehead atoms. The number of nitrogens with one attached hydrogen (secondary N) is 2. The maximum Gasteiger partial charge on any atom is 0.263 e. The number of aromatic nitrogens is 1. The van der Waals surface area contributed by atoms with Crippen LogP contribution < -0.4 is 10.0 Å². The van der Waals surface area contributed by atoms with Gasteiger partial charge in [0.2, 0.25) is 0 Å². The molecule has 5 nitrogen and oxygen atoms in total. The summed E-state index contributed by atoms with van der Waals surface area (Å²) in [7, 11) is -1.72. The van der Waals surface area contributed by atoms with Gasteiger partial charge in [-0.05, 0) is 66.9 Å². The van der Waals surface area contributed by atoms with Crippen molar-refractivity contribution in [3.8, 4) is 0 Å². The fraction of sp³-hybridized carbons (Fsp3) is 0.286. The van der Waals surface area contributed by atoms with Crippen LogP contribution in [0.15, 0.2) is 41.4 Å². The van der Waals surface area contributed by atoms with Crippen LogP contribution in [0.5, 0.6) is 0 Å². The first kappa shape index (κ1) is 16.3. The highest BCUT2D eigenvalue weighted by molar-refractivity contribution is 14.1. The smallest absolute Gasteiger partial charge is 0.263 e. The summed E-state index contributed by atoms with van der Waals surface area (Å²) in [6.45, 7) is 3.35. The molecule has 0 aliphatic heterocycles. The summed E-state index contributed by atoms with van der Waals surface area (Å²) >= 11 is 2.18. The van der Waals surface area contributed by atoms with E-state index in [-0.39, 0.29) is 4.90 Å². The van der Waals surface area contributed by atoms with E-state index in [4.69, 9.17) is 0 Å². The van der Waals surface area contributed by atoms with Crippen LogP contribution in [0.25, 0.3) is 0 Å². The topological polar surface area (TPSA) is 63.1 Å². The van der Waals surface area contributed by atoms with E-state index >= 15 is 0 Å². The Labute approximate surface area is 138 Å². The second-order valence-corrected chi connectivity index (χ2v) is 7.52. The Morgan fingerprint density at radius 1 is 1.24 bits per heavy atom. The van der Waals surface area contributed by atoms with Gasteiger partial charge in [0.05, 0.1) is 0 Å². The monoisotopic (exact) mass is 419 g/mol. The number of hydrogen-bond donors (Lipinski definition) is 2. The maximum atomic E-state index is 12.4. The van der Waals surface area contributed by atoms with Gasteiger partial charge in [0.1, 0.15) is 4.90 Å². The van der Waals surface area contributed by atoms with E-state index in [0.29, 0.717) is 12.2 Å². The van der Waals surface area contributed by atoms with Gasteiger partial charge in [-0.15, -0.1) is 0 Å². The van der Waals surface area contributed by atoms with E-state index in [1.165, 1.54) is 0 Å². The Morgan fingerprint density at radius 3 is 2.48 bits per heavy atom. The molecule has 0 fully saturated rings. The Balaban J connectivity index is 2.28. The van der Waals surface area contributed by atoms with Gasteiger partial charge in [0.25, 0.3) is 10.0 Å². The molecule has 0 unspecified atom stereocenters.